The van der Waals surface area contributed by atoms with Crippen LogP contribution in [0.3, 0.4) is 0 Å². The second kappa shape index (κ2) is 29.2. The number of ketones is 1. The summed E-state index contributed by atoms with van der Waals surface area (Å²) in [6.07, 6.45) is 23.8. The summed E-state index contributed by atoms with van der Waals surface area (Å²) in [5.41, 5.74) is 0. The molecule has 0 aromatic rings. The van der Waals surface area contributed by atoms with Crippen molar-refractivity contribution in [1.82, 2.24) is 16.0 Å². The summed E-state index contributed by atoms with van der Waals surface area (Å²) in [7, 11) is 0. The molecule has 0 aromatic heterocycles. The van der Waals surface area contributed by atoms with Crippen molar-refractivity contribution in [2.24, 2.45) is 11.8 Å². The Morgan fingerprint density at radius 3 is 1.63 bits per heavy atom. The summed E-state index contributed by atoms with van der Waals surface area (Å²) < 4.78 is 0. The average molecular weight is 696 g/mol. The maximum Gasteiger partial charge on any atom is 0.326 e. The summed E-state index contributed by atoms with van der Waals surface area (Å²) in [5, 5.41) is 37.2. The number of amides is 2. The van der Waals surface area contributed by atoms with Crippen LogP contribution >= 0.6 is 0 Å². The molecule has 284 valence electrons. The van der Waals surface area contributed by atoms with E-state index in [0.29, 0.717) is 51.1 Å². The van der Waals surface area contributed by atoms with Crippen molar-refractivity contribution >= 4 is 29.5 Å². The fourth-order valence-corrected chi connectivity index (χ4v) is 6.60. The van der Waals surface area contributed by atoms with Crippen molar-refractivity contribution in [2.45, 2.75) is 186 Å². The van der Waals surface area contributed by atoms with Gasteiger partial charge in [-0.25, -0.2) is 4.79 Å². The minimum atomic E-state index is -1.15. The molecule has 0 spiro atoms. The highest BCUT2D eigenvalue weighted by Crippen LogP contribution is 2.29. The Labute approximate surface area is 295 Å². The number of carbonyl (C=O) groups excluding carboxylic acids is 3. The van der Waals surface area contributed by atoms with Crippen molar-refractivity contribution in [3.8, 4) is 0 Å². The van der Waals surface area contributed by atoms with Crippen LogP contribution < -0.4 is 16.0 Å². The number of aliphatic hydroxyl groups is 1. The number of hydrogen-bond acceptors (Lipinski definition) is 7. The second-order valence-corrected chi connectivity index (χ2v) is 14.3. The number of carboxylic acids is 2. The first kappa shape index (κ1) is 44.5. The Bertz CT molecular complexity index is 923. The van der Waals surface area contributed by atoms with Crippen LogP contribution in [0.2, 0.25) is 0 Å². The zero-order chi connectivity index (χ0) is 36.1. The van der Waals surface area contributed by atoms with E-state index in [1.165, 1.54) is 77.6 Å². The van der Waals surface area contributed by atoms with Crippen molar-refractivity contribution in [3.63, 3.8) is 0 Å². The van der Waals surface area contributed by atoms with Crippen LogP contribution in [0, 0.1) is 11.8 Å². The predicted molar refractivity (Wildman–Crippen MR) is 192 cm³/mol. The zero-order valence-corrected chi connectivity index (χ0v) is 30.5. The highest BCUT2D eigenvalue weighted by Gasteiger charge is 2.29. The third kappa shape index (κ3) is 26.0. The topological polar surface area (TPSA) is 182 Å². The van der Waals surface area contributed by atoms with Crippen molar-refractivity contribution in [1.29, 1.82) is 0 Å². The lowest BCUT2D eigenvalue weighted by Crippen LogP contribution is -2.45. The van der Waals surface area contributed by atoms with Gasteiger partial charge in [0.1, 0.15) is 18.1 Å². The molecular weight excluding hydrogens is 626 g/mol. The maximum absolute atomic E-state index is 12.8. The number of Topliss-reactive ketones (excluding diaryl/α,β-unsaturated/α-hetero) is 1. The number of aliphatic hydroxyl groups excluding tert-OH is 1. The molecule has 6 N–H and O–H groups in total. The minimum absolute atomic E-state index is 0.0119. The molecule has 1 aliphatic rings. The van der Waals surface area contributed by atoms with Gasteiger partial charge in [-0.3, -0.25) is 19.7 Å². The van der Waals surface area contributed by atoms with Gasteiger partial charge in [0.15, 0.2) is 0 Å². The molecule has 1 rings (SSSR count). The molecule has 0 radical (unpaired) electrons. The van der Waals surface area contributed by atoms with Crippen LogP contribution in [-0.2, 0) is 24.0 Å². The lowest BCUT2D eigenvalue weighted by molar-refractivity contribution is -0.143. The molecule has 0 saturated heterocycles. The van der Waals surface area contributed by atoms with Crippen LogP contribution in [0.4, 0.5) is 0 Å². The lowest BCUT2D eigenvalue weighted by atomic mass is 9.81. The molecule has 49 heavy (non-hydrogen) atoms. The monoisotopic (exact) mass is 696 g/mol. The molecule has 1 fully saturated rings. The fraction of sp³-hybridized carbons (Fsp3) is 0.868. The molecule has 11 heteroatoms. The largest absolute Gasteiger partial charge is 0.481 e. The smallest absolute Gasteiger partial charge is 0.326 e. The molecule has 1 saturated carbocycles. The average Bonchev–Trinajstić information content (AvgIpc) is 3.06. The van der Waals surface area contributed by atoms with Gasteiger partial charge in [0.05, 0.1) is 0 Å². The van der Waals surface area contributed by atoms with Gasteiger partial charge >= 0.3 is 11.9 Å². The van der Waals surface area contributed by atoms with Gasteiger partial charge in [-0.2, -0.15) is 0 Å². The van der Waals surface area contributed by atoms with Gasteiger partial charge in [0.25, 0.3) is 0 Å². The molecule has 0 bridgehead atoms. The number of aliphatic carboxylic acids is 2. The van der Waals surface area contributed by atoms with Gasteiger partial charge in [0, 0.05) is 38.3 Å². The molecule has 0 heterocycles. The van der Waals surface area contributed by atoms with E-state index in [-0.39, 0.29) is 36.4 Å². The summed E-state index contributed by atoms with van der Waals surface area (Å²) >= 11 is 0. The first-order valence-electron chi connectivity index (χ1n) is 19.5. The Balaban J connectivity index is 2.00. The van der Waals surface area contributed by atoms with Gasteiger partial charge in [0.2, 0.25) is 11.8 Å². The summed E-state index contributed by atoms with van der Waals surface area (Å²) in [4.78, 5) is 58.0. The molecule has 2 amide bonds. The SMILES string of the molecule is CC(=O)CCCNC(=O)CC[C@H](NC(=O)[C@H]1CC[C@H](CNC(O)CCCCCCCCCCCCCCCCCCC(=O)O)CC1)C(=O)O. The number of rotatable bonds is 32. The number of unbranched alkanes of at least 4 members (excludes halogenated alkanes) is 15. The van der Waals surface area contributed by atoms with Crippen molar-refractivity contribution in [3.05, 3.63) is 0 Å². The summed E-state index contributed by atoms with van der Waals surface area (Å²) in [6.45, 7) is 2.57. The molecule has 11 nitrogen and oxygen atoms in total. The van der Waals surface area contributed by atoms with E-state index in [1.54, 1.807) is 0 Å². The van der Waals surface area contributed by atoms with Crippen LogP contribution in [0.5, 0.6) is 0 Å². The van der Waals surface area contributed by atoms with Crippen LogP contribution in [0.25, 0.3) is 0 Å². The summed E-state index contributed by atoms with van der Waals surface area (Å²) in [5.74, 6) is -2.21. The second-order valence-electron chi connectivity index (χ2n) is 14.3. The molecule has 2 atom stereocenters. The standard InChI is InChI=1S/C38H69N3O8/c1-30(42)19-18-28-39-35(44)27-26-33(38(48)49)41-37(47)32-24-22-31(23-25-32)29-40-34(43)20-16-14-12-10-8-6-4-2-3-5-7-9-11-13-15-17-21-36(45)46/h31-34,40,43H,2-29H2,1H3,(H,39,44)(H,41,47)(H,45,46)(H,48,49)/t31-,32-,33-,34?/m0/s1. The normalized spacial score (nSPS) is 17.3. The highest BCUT2D eigenvalue weighted by molar-refractivity contribution is 5.85. The quantitative estimate of drug-likeness (QED) is 0.0332. The first-order chi connectivity index (χ1) is 23.6. The Morgan fingerprint density at radius 1 is 0.633 bits per heavy atom. The third-order valence-corrected chi connectivity index (χ3v) is 9.78. The van der Waals surface area contributed by atoms with Crippen LogP contribution in [0.15, 0.2) is 0 Å². The van der Waals surface area contributed by atoms with E-state index in [9.17, 15) is 34.2 Å². The molecular formula is C38H69N3O8. The third-order valence-electron chi connectivity index (χ3n) is 9.78. The van der Waals surface area contributed by atoms with Gasteiger partial charge < -0.3 is 30.7 Å². The predicted octanol–water partition coefficient (Wildman–Crippen LogP) is 6.64. The Hall–Kier alpha value is -2.53. The number of hydrogen-bond donors (Lipinski definition) is 6. The van der Waals surface area contributed by atoms with E-state index in [2.05, 4.69) is 16.0 Å². The fourth-order valence-electron chi connectivity index (χ4n) is 6.60. The van der Waals surface area contributed by atoms with Gasteiger partial charge in [-0.15, -0.1) is 0 Å². The van der Waals surface area contributed by atoms with Crippen LogP contribution in [-0.4, -0.2) is 70.2 Å². The molecule has 1 aliphatic carbocycles. The van der Waals surface area contributed by atoms with E-state index >= 15 is 0 Å². The van der Waals surface area contributed by atoms with E-state index < -0.39 is 24.2 Å². The minimum Gasteiger partial charge on any atom is -0.481 e. The van der Waals surface area contributed by atoms with Crippen molar-refractivity contribution < 1.29 is 39.3 Å². The number of carbonyl (C=O) groups is 5. The molecule has 0 aromatic carbocycles. The summed E-state index contributed by atoms with van der Waals surface area (Å²) in [6, 6.07) is -1.11. The molecule has 1 unspecified atom stereocenters. The Kier molecular flexibility index (Phi) is 26.5. The number of nitrogens with one attached hydrogen (secondary N) is 3. The van der Waals surface area contributed by atoms with Gasteiger partial charge in [-0.1, -0.05) is 89.9 Å². The number of carboxylic acid groups (broad SMARTS) is 2. The molecule has 0 aliphatic heterocycles. The highest BCUT2D eigenvalue weighted by atomic mass is 16.4. The van der Waals surface area contributed by atoms with E-state index in [1.807, 2.05) is 0 Å². The van der Waals surface area contributed by atoms with E-state index in [0.717, 1.165) is 51.4 Å². The first-order valence-corrected chi connectivity index (χ1v) is 19.5. The van der Waals surface area contributed by atoms with Gasteiger partial charge in [-0.05, 0) is 70.6 Å². The van der Waals surface area contributed by atoms with E-state index in [4.69, 9.17) is 5.11 Å². The van der Waals surface area contributed by atoms with Crippen molar-refractivity contribution in [2.75, 3.05) is 13.1 Å². The maximum atomic E-state index is 12.8. The lowest BCUT2D eigenvalue weighted by Gasteiger charge is -2.29. The Morgan fingerprint density at radius 2 is 1.14 bits per heavy atom. The van der Waals surface area contributed by atoms with Crippen LogP contribution in [0.1, 0.15) is 174 Å². The zero-order valence-electron chi connectivity index (χ0n) is 30.5.